The normalized spacial score (nSPS) is 17.9. The molecule has 1 saturated carbocycles. The number of thiol groups is 1. The summed E-state index contributed by atoms with van der Waals surface area (Å²) in [6.45, 7) is 6.67. The summed E-state index contributed by atoms with van der Waals surface area (Å²) in [4.78, 5) is 2.52. The first-order valence-corrected chi connectivity index (χ1v) is 7.75. The summed E-state index contributed by atoms with van der Waals surface area (Å²) in [5, 5.41) is 0. The lowest BCUT2D eigenvalue weighted by molar-refractivity contribution is 0.349. The lowest BCUT2D eigenvalue weighted by Crippen LogP contribution is -2.37. The molecule has 1 nitrogen and oxygen atoms in total. The van der Waals surface area contributed by atoms with Crippen molar-refractivity contribution in [3.63, 3.8) is 0 Å². The van der Waals surface area contributed by atoms with E-state index >= 15 is 0 Å². The molecule has 2 heteroatoms. The maximum atomic E-state index is 4.62. The van der Waals surface area contributed by atoms with Gasteiger partial charge in [0.1, 0.15) is 0 Å². The van der Waals surface area contributed by atoms with Gasteiger partial charge in [-0.15, -0.1) is 0 Å². The Morgan fingerprint density at radius 3 is 2.56 bits per heavy atom. The molecular weight excluding hydrogens is 238 g/mol. The van der Waals surface area contributed by atoms with Crippen LogP contribution in [0.1, 0.15) is 38.2 Å². The van der Waals surface area contributed by atoms with Crippen LogP contribution in [-0.4, -0.2) is 18.8 Å². The van der Waals surface area contributed by atoms with Crippen LogP contribution in [0.4, 0.5) is 5.69 Å². The molecule has 0 amide bonds. The summed E-state index contributed by atoms with van der Waals surface area (Å²) in [5.41, 5.74) is 3.16. The smallest absolute Gasteiger partial charge is 0.0368 e. The monoisotopic (exact) mass is 263 g/mol. The van der Waals surface area contributed by atoms with Crippen LogP contribution in [0.3, 0.4) is 0 Å². The third-order valence-corrected chi connectivity index (χ3v) is 4.95. The molecule has 0 unspecified atom stereocenters. The second kappa shape index (κ2) is 6.01. The molecule has 0 aromatic heterocycles. The van der Waals surface area contributed by atoms with Gasteiger partial charge in [-0.3, -0.25) is 0 Å². The average Bonchev–Trinajstić information content (AvgIpc) is 2.85. The highest BCUT2D eigenvalue weighted by atomic mass is 32.1. The Morgan fingerprint density at radius 1 is 1.28 bits per heavy atom. The number of hydrogen-bond acceptors (Lipinski definition) is 2. The largest absolute Gasteiger partial charge is 0.371 e. The molecule has 0 spiro atoms. The molecular formula is C16H25NS. The van der Waals surface area contributed by atoms with Crippen molar-refractivity contribution in [2.45, 2.75) is 39.5 Å². The van der Waals surface area contributed by atoms with E-state index in [9.17, 15) is 0 Å². The number of aryl methyl sites for hydroxylation is 1. The van der Waals surface area contributed by atoms with Crippen LogP contribution >= 0.6 is 12.6 Å². The topological polar surface area (TPSA) is 3.24 Å². The zero-order chi connectivity index (χ0) is 13.0. The van der Waals surface area contributed by atoms with Crippen molar-refractivity contribution in [1.82, 2.24) is 0 Å². The first-order valence-electron chi connectivity index (χ1n) is 7.11. The van der Waals surface area contributed by atoms with Crippen molar-refractivity contribution in [1.29, 1.82) is 0 Å². The zero-order valence-corrected chi connectivity index (χ0v) is 12.5. The Bertz CT molecular complexity index is 382. The van der Waals surface area contributed by atoms with E-state index < -0.39 is 0 Å². The second-order valence-corrected chi connectivity index (χ2v) is 6.03. The molecule has 0 bridgehead atoms. The van der Waals surface area contributed by atoms with Gasteiger partial charge < -0.3 is 4.90 Å². The van der Waals surface area contributed by atoms with Crippen LogP contribution < -0.4 is 4.90 Å². The minimum atomic E-state index is 0.447. The fraction of sp³-hybridized carbons (Fsp3) is 0.625. The highest BCUT2D eigenvalue weighted by molar-refractivity contribution is 7.80. The van der Waals surface area contributed by atoms with E-state index in [0.717, 1.165) is 18.8 Å². The Labute approximate surface area is 117 Å². The highest BCUT2D eigenvalue weighted by Gasteiger charge is 2.34. The van der Waals surface area contributed by atoms with Gasteiger partial charge in [0.15, 0.2) is 0 Å². The fourth-order valence-corrected chi connectivity index (χ4v) is 3.52. The molecule has 0 atom stereocenters. The van der Waals surface area contributed by atoms with E-state index in [2.05, 4.69) is 55.6 Å². The van der Waals surface area contributed by atoms with Gasteiger partial charge in [0.2, 0.25) is 0 Å². The zero-order valence-electron chi connectivity index (χ0n) is 11.7. The van der Waals surface area contributed by atoms with E-state index in [-0.39, 0.29) is 0 Å². The molecule has 18 heavy (non-hydrogen) atoms. The van der Waals surface area contributed by atoms with E-state index in [0.29, 0.717) is 5.41 Å². The van der Waals surface area contributed by atoms with Crippen LogP contribution in [-0.2, 0) is 0 Å². The first kappa shape index (κ1) is 13.8. The summed E-state index contributed by atoms with van der Waals surface area (Å²) in [7, 11) is 0. The molecule has 1 aromatic carbocycles. The predicted molar refractivity (Wildman–Crippen MR) is 83.8 cm³/mol. The van der Waals surface area contributed by atoms with Gasteiger partial charge in [-0.05, 0) is 55.6 Å². The maximum absolute atomic E-state index is 4.62. The quantitative estimate of drug-likeness (QED) is 0.775. The summed E-state index contributed by atoms with van der Waals surface area (Å²) >= 11 is 4.62. The average molecular weight is 263 g/mol. The van der Waals surface area contributed by atoms with Crippen molar-refractivity contribution < 1.29 is 0 Å². The summed E-state index contributed by atoms with van der Waals surface area (Å²) in [6, 6.07) is 8.86. The Balaban J connectivity index is 2.14. The lowest BCUT2D eigenvalue weighted by atomic mass is 9.87. The Morgan fingerprint density at radius 2 is 2.00 bits per heavy atom. The minimum Gasteiger partial charge on any atom is -0.371 e. The third-order valence-electron chi connectivity index (χ3n) is 4.27. The van der Waals surface area contributed by atoms with Crippen molar-refractivity contribution in [3.8, 4) is 0 Å². The standard InChI is InChI=1S/C16H25NS/c1-3-17(15-8-6-7-14(2)11-15)12-16(13-18)9-4-5-10-16/h6-8,11,18H,3-5,9-10,12-13H2,1-2H3. The van der Waals surface area contributed by atoms with Crippen LogP contribution in [0.25, 0.3) is 0 Å². The lowest BCUT2D eigenvalue weighted by Gasteiger charge is -2.35. The van der Waals surface area contributed by atoms with Crippen molar-refractivity contribution in [2.24, 2.45) is 5.41 Å². The molecule has 100 valence electrons. The van der Waals surface area contributed by atoms with E-state index in [1.807, 2.05) is 0 Å². The summed E-state index contributed by atoms with van der Waals surface area (Å²) in [5.74, 6) is 1.02. The fourth-order valence-electron chi connectivity index (χ4n) is 3.11. The number of hydrogen-bond donors (Lipinski definition) is 1. The summed E-state index contributed by atoms with van der Waals surface area (Å²) in [6.07, 6.45) is 5.45. The highest BCUT2D eigenvalue weighted by Crippen LogP contribution is 2.40. The van der Waals surface area contributed by atoms with Crippen LogP contribution in [0.5, 0.6) is 0 Å². The van der Waals surface area contributed by atoms with Crippen LogP contribution in [0.15, 0.2) is 24.3 Å². The molecule has 0 heterocycles. The molecule has 0 N–H and O–H groups in total. The van der Waals surface area contributed by atoms with Gasteiger partial charge in [-0.1, -0.05) is 25.0 Å². The van der Waals surface area contributed by atoms with Gasteiger partial charge in [-0.25, -0.2) is 0 Å². The van der Waals surface area contributed by atoms with Crippen molar-refractivity contribution >= 4 is 18.3 Å². The van der Waals surface area contributed by atoms with Crippen LogP contribution in [0, 0.1) is 12.3 Å². The Kier molecular flexibility index (Phi) is 4.60. The van der Waals surface area contributed by atoms with E-state index in [1.165, 1.54) is 36.9 Å². The molecule has 1 aliphatic rings. The van der Waals surface area contributed by atoms with Gasteiger partial charge in [-0.2, -0.15) is 12.6 Å². The number of anilines is 1. The Hall–Kier alpha value is -0.630. The first-order chi connectivity index (χ1) is 8.69. The van der Waals surface area contributed by atoms with Gasteiger partial charge >= 0.3 is 0 Å². The maximum Gasteiger partial charge on any atom is 0.0368 e. The van der Waals surface area contributed by atoms with Gasteiger partial charge in [0.25, 0.3) is 0 Å². The number of rotatable bonds is 5. The van der Waals surface area contributed by atoms with Gasteiger partial charge in [0.05, 0.1) is 0 Å². The number of benzene rings is 1. The molecule has 2 rings (SSSR count). The van der Waals surface area contributed by atoms with E-state index in [4.69, 9.17) is 0 Å². The molecule has 1 fully saturated rings. The summed E-state index contributed by atoms with van der Waals surface area (Å²) < 4.78 is 0. The third kappa shape index (κ3) is 3.03. The molecule has 0 aliphatic heterocycles. The van der Waals surface area contributed by atoms with Crippen LogP contribution in [0.2, 0.25) is 0 Å². The van der Waals surface area contributed by atoms with Gasteiger partial charge in [0, 0.05) is 18.8 Å². The molecule has 1 aliphatic carbocycles. The molecule has 0 saturated heterocycles. The van der Waals surface area contributed by atoms with Crippen molar-refractivity contribution in [3.05, 3.63) is 29.8 Å². The molecule has 1 aromatic rings. The molecule has 0 radical (unpaired) electrons. The predicted octanol–water partition coefficient (Wildman–Crippen LogP) is 4.31. The minimum absolute atomic E-state index is 0.447. The second-order valence-electron chi connectivity index (χ2n) is 5.72. The van der Waals surface area contributed by atoms with Crippen molar-refractivity contribution in [2.75, 3.05) is 23.7 Å². The van der Waals surface area contributed by atoms with E-state index in [1.54, 1.807) is 0 Å². The SMILES string of the molecule is CCN(CC1(CS)CCCC1)c1cccc(C)c1. The number of nitrogens with zero attached hydrogens (tertiary/aromatic N) is 1.